The summed E-state index contributed by atoms with van der Waals surface area (Å²) in [6.07, 6.45) is 0.357. The fraction of sp³-hybridized carbons (Fsp3) is 0.864. The Balaban J connectivity index is 5.66. The predicted molar refractivity (Wildman–Crippen MR) is 123 cm³/mol. The van der Waals surface area contributed by atoms with E-state index in [2.05, 4.69) is 5.32 Å². The third kappa shape index (κ3) is 17.3. The molecule has 1 amide bonds. The van der Waals surface area contributed by atoms with Crippen molar-refractivity contribution in [2.75, 3.05) is 12.9 Å². The fourth-order valence-corrected chi connectivity index (χ4v) is 3.00. The smallest absolute Gasteiger partial charge is 0.408 e. The van der Waals surface area contributed by atoms with Gasteiger partial charge in [0, 0.05) is 0 Å². The second-order valence-electron chi connectivity index (χ2n) is 10.9. The van der Waals surface area contributed by atoms with Gasteiger partial charge in [0.2, 0.25) is 0 Å². The first-order valence-corrected chi connectivity index (χ1v) is 12.7. The van der Waals surface area contributed by atoms with E-state index in [1.54, 1.807) is 62.3 Å². The molecule has 0 radical (unpaired) electrons. The van der Waals surface area contributed by atoms with Crippen LogP contribution in [0.25, 0.3) is 0 Å². The highest BCUT2D eigenvalue weighted by Crippen LogP contribution is 2.22. The molecule has 0 aliphatic carbocycles. The van der Waals surface area contributed by atoms with Gasteiger partial charge in [0.25, 0.3) is 10.1 Å². The molecule has 0 aliphatic heterocycles. The largest absolute Gasteiger partial charge is 0.460 e. The highest BCUT2D eigenvalue weighted by atomic mass is 32.2. The summed E-state index contributed by atoms with van der Waals surface area (Å²) in [6.45, 7) is 15.1. The van der Waals surface area contributed by atoms with Gasteiger partial charge in [-0.25, -0.2) is 9.59 Å². The highest BCUT2D eigenvalue weighted by Gasteiger charge is 2.34. The molecule has 2 atom stereocenters. The average Bonchev–Trinajstić information content (AvgIpc) is 2.50. The van der Waals surface area contributed by atoms with Crippen LogP contribution in [0.2, 0.25) is 0 Å². The van der Waals surface area contributed by atoms with E-state index in [1.165, 1.54) is 0 Å². The highest BCUT2D eigenvalue weighted by molar-refractivity contribution is 7.85. The lowest BCUT2D eigenvalue weighted by molar-refractivity contribution is -0.163. The first-order chi connectivity index (χ1) is 14.6. The average molecular weight is 496 g/mol. The normalized spacial score (nSPS) is 14.7. The van der Waals surface area contributed by atoms with Crippen LogP contribution >= 0.6 is 0 Å². The zero-order valence-corrected chi connectivity index (χ0v) is 22.4. The van der Waals surface area contributed by atoms with Crippen LogP contribution < -0.4 is 5.32 Å². The van der Waals surface area contributed by atoms with E-state index in [0.29, 0.717) is 0 Å². The molecule has 0 aromatic carbocycles. The van der Waals surface area contributed by atoms with Crippen LogP contribution in [-0.4, -0.2) is 62.2 Å². The van der Waals surface area contributed by atoms with Crippen molar-refractivity contribution in [3.63, 3.8) is 0 Å². The Morgan fingerprint density at radius 2 is 1.24 bits per heavy atom. The second-order valence-corrected chi connectivity index (χ2v) is 12.5. The molecular formula is C22H41NO9S. The first kappa shape index (κ1) is 31.1. The molecule has 0 saturated carbocycles. The topological polar surface area (TPSA) is 134 Å². The summed E-state index contributed by atoms with van der Waals surface area (Å²) >= 11 is 0. The van der Waals surface area contributed by atoms with Crippen molar-refractivity contribution >= 4 is 28.1 Å². The Bertz CT molecular complexity index is 771. The number of amides is 1. The van der Waals surface area contributed by atoms with Crippen LogP contribution in [0, 0.1) is 5.92 Å². The van der Waals surface area contributed by atoms with E-state index in [9.17, 15) is 22.8 Å². The predicted octanol–water partition coefficient (Wildman–Crippen LogP) is 3.33. The molecule has 0 unspecified atom stereocenters. The Hall–Kier alpha value is -1.88. The van der Waals surface area contributed by atoms with Gasteiger partial charge in [0.15, 0.2) is 0 Å². The number of carbonyl (C=O) groups excluding carboxylic acids is 3. The van der Waals surface area contributed by atoms with E-state index in [-0.39, 0.29) is 25.9 Å². The molecule has 0 aliphatic rings. The molecule has 0 bridgehead atoms. The third-order valence-corrected chi connectivity index (χ3v) is 4.23. The molecule has 0 saturated heterocycles. The minimum Gasteiger partial charge on any atom is -0.460 e. The number of esters is 2. The molecule has 10 nitrogen and oxygen atoms in total. The molecule has 1 N–H and O–H groups in total. The van der Waals surface area contributed by atoms with Gasteiger partial charge in [-0.2, -0.15) is 8.42 Å². The maximum absolute atomic E-state index is 12.8. The summed E-state index contributed by atoms with van der Waals surface area (Å²) in [5.74, 6) is -2.14. The zero-order chi connectivity index (χ0) is 26.3. The Morgan fingerprint density at radius 1 is 0.788 bits per heavy atom. The van der Waals surface area contributed by atoms with Crippen LogP contribution in [0.4, 0.5) is 4.79 Å². The number of nitrogens with one attached hydrogen (secondary N) is 1. The quantitative estimate of drug-likeness (QED) is 0.209. The van der Waals surface area contributed by atoms with E-state index < -0.39 is 56.9 Å². The molecule has 11 heteroatoms. The molecule has 0 spiro atoms. The van der Waals surface area contributed by atoms with Crippen LogP contribution in [0.1, 0.15) is 81.6 Å². The van der Waals surface area contributed by atoms with Crippen LogP contribution in [0.3, 0.4) is 0 Å². The summed E-state index contributed by atoms with van der Waals surface area (Å²) in [4.78, 5) is 38.0. The van der Waals surface area contributed by atoms with Crippen LogP contribution in [-0.2, 0) is 38.1 Å². The minimum absolute atomic E-state index is 0.123. The number of carbonyl (C=O) groups is 3. The lowest BCUT2D eigenvalue weighted by Gasteiger charge is -2.29. The lowest BCUT2D eigenvalue weighted by atomic mass is 9.94. The Labute approximate surface area is 198 Å². The van der Waals surface area contributed by atoms with E-state index in [0.717, 1.165) is 6.26 Å². The van der Waals surface area contributed by atoms with Crippen molar-refractivity contribution < 1.29 is 41.2 Å². The van der Waals surface area contributed by atoms with Gasteiger partial charge in [-0.1, -0.05) is 0 Å². The number of hydrogen-bond donors (Lipinski definition) is 1. The van der Waals surface area contributed by atoms with Gasteiger partial charge in [-0.3, -0.25) is 8.98 Å². The van der Waals surface area contributed by atoms with Crippen LogP contribution in [0.5, 0.6) is 0 Å². The van der Waals surface area contributed by atoms with E-state index in [1.807, 2.05) is 0 Å². The number of alkyl carbamates (subject to hydrolysis) is 1. The van der Waals surface area contributed by atoms with Gasteiger partial charge in [-0.05, 0) is 81.6 Å². The molecule has 0 fully saturated rings. The second kappa shape index (κ2) is 12.0. The maximum atomic E-state index is 12.8. The summed E-state index contributed by atoms with van der Waals surface area (Å²) in [5.41, 5.74) is -2.40. The van der Waals surface area contributed by atoms with E-state index in [4.69, 9.17) is 18.4 Å². The molecule has 194 valence electrons. The maximum Gasteiger partial charge on any atom is 0.408 e. The Kier molecular flexibility index (Phi) is 11.3. The molecular weight excluding hydrogens is 454 g/mol. The van der Waals surface area contributed by atoms with Gasteiger partial charge in [-0.15, -0.1) is 0 Å². The third-order valence-electron chi connectivity index (χ3n) is 3.64. The SMILES string of the molecule is CC(C)(C)OC(=O)N[C@H](C[C@@H](CCCOS(C)(=O)=O)C(=O)OC(C)(C)C)C(=O)OC(C)(C)C. The van der Waals surface area contributed by atoms with Gasteiger partial charge in [0.1, 0.15) is 22.8 Å². The summed E-state index contributed by atoms with van der Waals surface area (Å²) in [6, 6.07) is -1.19. The molecule has 0 rings (SSSR count). The number of ether oxygens (including phenoxy) is 3. The number of hydrogen-bond acceptors (Lipinski definition) is 9. The van der Waals surface area contributed by atoms with Crippen molar-refractivity contribution in [1.29, 1.82) is 0 Å². The van der Waals surface area contributed by atoms with Gasteiger partial charge < -0.3 is 19.5 Å². The molecule has 0 heterocycles. The van der Waals surface area contributed by atoms with Crippen LogP contribution in [0.15, 0.2) is 0 Å². The van der Waals surface area contributed by atoms with Crippen molar-refractivity contribution in [2.45, 2.75) is 104 Å². The summed E-state index contributed by atoms with van der Waals surface area (Å²) in [5, 5.41) is 2.49. The monoisotopic (exact) mass is 495 g/mol. The summed E-state index contributed by atoms with van der Waals surface area (Å²) in [7, 11) is -3.63. The number of rotatable bonds is 10. The lowest BCUT2D eigenvalue weighted by Crippen LogP contribution is -2.47. The van der Waals surface area contributed by atoms with Gasteiger partial charge in [0.05, 0.1) is 18.8 Å². The van der Waals surface area contributed by atoms with Crippen molar-refractivity contribution in [2.24, 2.45) is 5.92 Å². The zero-order valence-electron chi connectivity index (χ0n) is 21.6. The fourth-order valence-electron chi connectivity index (χ4n) is 2.58. The standard InChI is InChI=1S/C22H41NO9S/c1-20(2,3)30-17(24)15(12-11-13-29-33(10,27)28)14-16(18(25)31-21(4,5)6)23-19(26)32-22(7,8)9/h15-16H,11-14H2,1-10H3,(H,23,26)/t15-,16-/m1/s1. The van der Waals surface area contributed by atoms with Crippen molar-refractivity contribution in [3.05, 3.63) is 0 Å². The Morgan fingerprint density at radius 3 is 1.67 bits per heavy atom. The van der Waals surface area contributed by atoms with Crippen molar-refractivity contribution in [1.82, 2.24) is 5.32 Å². The first-order valence-electron chi connectivity index (χ1n) is 10.9. The minimum atomic E-state index is -3.63. The van der Waals surface area contributed by atoms with Crippen molar-refractivity contribution in [3.8, 4) is 0 Å². The molecule has 0 aromatic heterocycles. The summed E-state index contributed by atoms with van der Waals surface area (Å²) < 4.78 is 43.3. The molecule has 0 aromatic rings. The molecule has 33 heavy (non-hydrogen) atoms. The van der Waals surface area contributed by atoms with E-state index >= 15 is 0 Å². The van der Waals surface area contributed by atoms with Gasteiger partial charge >= 0.3 is 18.0 Å².